The van der Waals surface area contributed by atoms with Crippen molar-refractivity contribution in [3.8, 4) is 11.8 Å². The Morgan fingerprint density at radius 1 is 1.09 bits per heavy atom. The molecule has 0 aliphatic heterocycles. The van der Waals surface area contributed by atoms with Gasteiger partial charge < -0.3 is 4.90 Å². The monoisotopic (exact) mass is 488 g/mol. The predicted molar refractivity (Wildman–Crippen MR) is 137 cm³/mol. The highest BCUT2D eigenvalue weighted by Gasteiger charge is 2.20. The van der Waals surface area contributed by atoms with Gasteiger partial charge in [-0.25, -0.2) is 4.98 Å². The van der Waals surface area contributed by atoms with Crippen molar-refractivity contribution in [3.05, 3.63) is 93.7 Å². The highest BCUT2D eigenvalue weighted by atomic mass is 35.5. The lowest BCUT2D eigenvalue weighted by atomic mass is 10.2. The molecule has 0 radical (unpaired) electrons. The summed E-state index contributed by atoms with van der Waals surface area (Å²) in [7, 11) is 0. The number of anilines is 1. The van der Waals surface area contributed by atoms with E-state index in [1.54, 1.807) is 47.4 Å². The molecule has 0 aliphatic carbocycles. The summed E-state index contributed by atoms with van der Waals surface area (Å²) in [6.07, 6.45) is 0.211. The molecule has 0 spiro atoms. The number of para-hydroxylation sites is 2. The van der Waals surface area contributed by atoms with Crippen LogP contribution < -0.4 is 10.5 Å². The minimum atomic E-state index is -0.256. The summed E-state index contributed by atoms with van der Waals surface area (Å²) in [5.41, 5.74) is 2.60. The molecule has 34 heavy (non-hydrogen) atoms. The number of aryl methyl sites for hydroxylation is 1. The Bertz CT molecular complexity index is 1440. The molecular formula is C26H21ClN4O2S. The normalized spacial score (nSPS) is 10.7. The number of carbonyl (C=O) groups is 1. The van der Waals surface area contributed by atoms with Crippen LogP contribution in [0.5, 0.6) is 0 Å². The van der Waals surface area contributed by atoms with Gasteiger partial charge in [0.25, 0.3) is 5.56 Å². The third-order valence-electron chi connectivity index (χ3n) is 5.26. The first kappa shape index (κ1) is 23.6. The largest absolute Gasteiger partial charge is 0.311 e. The Morgan fingerprint density at radius 3 is 2.53 bits per heavy atom. The van der Waals surface area contributed by atoms with E-state index < -0.39 is 0 Å². The molecule has 0 unspecified atom stereocenters. The molecule has 6 nitrogen and oxygen atoms in total. The molecule has 1 aromatic heterocycles. The van der Waals surface area contributed by atoms with E-state index >= 15 is 0 Å². The molecule has 4 aromatic rings. The Morgan fingerprint density at radius 2 is 1.79 bits per heavy atom. The summed E-state index contributed by atoms with van der Waals surface area (Å²) in [6.45, 7) is 2.25. The fraction of sp³-hybridized carbons (Fsp3) is 0.154. The van der Waals surface area contributed by atoms with Gasteiger partial charge in [0.2, 0.25) is 5.91 Å². The number of benzene rings is 3. The second-order valence-corrected chi connectivity index (χ2v) is 8.93. The number of thioether (sulfide) groups is 1. The van der Waals surface area contributed by atoms with Crippen LogP contribution in [0.25, 0.3) is 16.6 Å². The molecule has 0 atom stereocenters. The number of hydrogen-bond donors (Lipinski definition) is 0. The maximum absolute atomic E-state index is 13.4. The van der Waals surface area contributed by atoms with E-state index in [0.717, 1.165) is 11.3 Å². The van der Waals surface area contributed by atoms with E-state index in [-0.39, 0.29) is 30.2 Å². The van der Waals surface area contributed by atoms with Crippen molar-refractivity contribution in [3.63, 3.8) is 0 Å². The molecule has 4 rings (SSSR count). The van der Waals surface area contributed by atoms with E-state index in [9.17, 15) is 9.59 Å². The molecule has 0 saturated carbocycles. The lowest BCUT2D eigenvalue weighted by Crippen LogP contribution is -2.33. The van der Waals surface area contributed by atoms with Gasteiger partial charge in [0, 0.05) is 12.2 Å². The van der Waals surface area contributed by atoms with Crippen LogP contribution in [0.2, 0.25) is 5.02 Å². The number of hydrogen-bond acceptors (Lipinski definition) is 5. The van der Waals surface area contributed by atoms with E-state index in [2.05, 4.69) is 11.1 Å². The van der Waals surface area contributed by atoms with E-state index in [1.807, 2.05) is 37.3 Å². The zero-order valence-corrected chi connectivity index (χ0v) is 20.0. The zero-order chi connectivity index (χ0) is 24.1. The van der Waals surface area contributed by atoms with Crippen molar-refractivity contribution in [2.45, 2.75) is 18.5 Å². The molecule has 170 valence electrons. The standard InChI is InChI=1S/C26H21ClN4O2S/c1-18-11-13-19(14-12-18)30(16-6-15-28)24(32)17-34-26-29-22-9-4-2-7-20(22)25(33)31(26)23-10-5-3-8-21(23)27/h2-5,7-14H,6,16-17H2,1H3. The molecule has 3 aromatic carbocycles. The van der Waals surface area contributed by atoms with Crippen LogP contribution in [0.15, 0.2) is 82.7 Å². The third kappa shape index (κ3) is 4.98. The topological polar surface area (TPSA) is 79.0 Å². The van der Waals surface area contributed by atoms with E-state index in [4.69, 9.17) is 16.9 Å². The Balaban J connectivity index is 1.71. The summed E-state index contributed by atoms with van der Waals surface area (Å²) in [6, 6.07) is 23.8. The molecule has 0 fully saturated rings. The van der Waals surface area contributed by atoms with Crippen molar-refractivity contribution < 1.29 is 4.79 Å². The fourth-order valence-electron chi connectivity index (χ4n) is 3.54. The lowest BCUT2D eigenvalue weighted by molar-refractivity contribution is -0.116. The van der Waals surface area contributed by atoms with Gasteiger partial charge in [0.05, 0.1) is 39.9 Å². The first-order chi connectivity index (χ1) is 16.5. The van der Waals surface area contributed by atoms with Gasteiger partial charge in [-0.15, -0.1) is 0 Å². The first-order valence-electron chi connectivity index (χ1n) is 10.6. The van der Waals surface area contributed by atoms with E-state index in [0.29, 0.717) is 26.8 Å². The van der Waals surface area contributed by atoms with Crippen LogP contribution in [0.4, 0.5) is 5.69 Å². The van der Waals surface area contributed by atoms with Crippen molar-refractivity contribution in [2.75, 3.05) is 17.2 Å². The van der Waals surface area contributed by atoms with Gasteiger partial charge in [-0.05, 0) is 43.3 Å². The summed E-state index contributed by atoms with van der Waals surface area (Å²) >= 11 is 7.58. The van der Waals surface area contributed by atoms with Gasteiger partial charge in [0.15, 0.2) is 5.16 Å². The summed E-state index contributed by atoms with van der Waals surface area (Å²) in [5, 5.41) is 10.3. The average Bonchev–Trinajstić information content (AvgIpc) is 2.85. The van der Waals surface area contributed by atoms with Crippen LogP contribution in [0.3, 0.4) is 0 Å². The first-order valence-corrected chi connectivity index (χ1v) is 12.0. The predicted octanol–water partition coefficient (Wildman–Crippen LogP) is 5.39. The molecule has 1 heterocycles. The van der Waals surface area contributed by atoms with Gasteiger partial charge in [0.1, 0.15) is 0 Å². The van der Waals surface area contributed by atoms with Crippen LogP contribution in [0.1, 0.15) is 12.0 Å². The van der Waals surface area contributed by atoms with Gasteiger partial charge >= 0.3 is 0 Å². The molecule has 8 heteroatoms. The SMILES string of the molecule is Cc1ccc(N(CCC#N)C(=O)CSc2nc3ccccc3c(=O)n2-c2ccccc2Cl)cc1. The smallest absolute Gasteiger partial charge is 0.266 e. The highest BCUT2D eigenvalue weighted by Crippen LogP contribution is 2.26. The Labute approximate surface area is 206 Å². The number of carbonyl (C=O) groups excluding carboxylic acids is 1. The minimum absolute atomic E-state index is 0.0362. The van der Waals surface area contributed by atoms with Crippen molar-refractivity contribution in [1.82, 2.24) is 9.55 Å². The van der Waals surface area contributed by atoms with Crippen LogP contribution in [-0.4, -0.2) is 27.8 Å². The minimum Gasteiger partial charge on any atom is -0.311 e. The van der Waals surface area contributed by atoms with E-state index in [1.165, 1.54) is 16.3 Å². The molecular weight excluding hydrogens is 468 g/mol. The summed E-state index contributed by atoms with van der Waals surface area (Å²) in [5.74, 6) is -0.147. The second kappa shape index (κ2) is 10.6. The maximum atomic E-state index is 13.4. The Hall–Kier alpha value is -3.60. The molecule has 0 bridgehead atoms. The average molecular weight is 489 g/mol. The van der Waals surface area contributed by atoms with Crippen molar-refractivity contribution in [1.29, 1.82) is 5.26 Å². The number of halogens is 1. The third-order valence-corrected chi connectivity index (χ3v) is 6.50. The second-order valence-electron chi connectivity index (χ2n) is 7.58. The lowest BCUT2D eigenvalue weighted by Gasteiger charge is -2.22. The van der Waals surface area contributed by atoms with Crippen molar-refractivity contribution in [2.24, 2.45) is 0 Å². The van der Waals surface area contributed by atoms with Crippen molar-refractivity contribution >= 4 is 45.9 Å². The summed E-state index contributed by atoms with van der Waals surface area (Å²) in [4.78, 5) is 32.9. The number of amides is 1. The molecule has 1 amide bonds. The van der Waals surface area contributed by atoms with Crippen LogP contribution in [-0.2, 0) is 4.79 Å². The number of nitrogens with zero attached hydrogens (tertiary/aromatic N) is 4. The van der Waals surface area contributed by atoms with Crippen LogP contribution in [0, 0.1) is 18.3 Å². The van der Waals surface area contributed by atoms with Crippen LogP contribution >= 0.6 is 23.4 Å². The highest BCUT2D eigenvalue weighted by molar-refractivity contribution is 7.99. The quantitative estimate of drug-likeness (QED) is 0.257. The zero-order valence-electron chi connectivity index (χ0n) is 18.4. The molecule has 0 aliphatic rings. The Kier molecular flexibility index (Phi) is 7.31. The van der Waals surface area contributed by atoms with Gasteiger partial charge in [-0.1, -0.05) is 65.3 Å². The number of fused-ring (bicyclic) bond motifs is 1. The maximum Gasteiger partial charge on any atom is 0.266 e. The van der Waals surface area contributed by atoms with Gasteiger partial charge in [-0.3, -0.25) is 14.2 Å². The number of aromatic nitrogens is 2. The molecule has 0 saturated heterocycles. The summed E-state index contributed by atoms with van der Waals surface area (Å²) < 4.78 is 1.45. The number of nitriles is 1. The fourth-order valence-corrected chi connectivity index (χ4v) is 4.65. The molecule has 0 N–H and O–H groups in total. The van der Waals surface area contributed by atoms with Gasteiger partial charge in [-0.2, -0.15) is 5.26 Å². The number of rotatable bonds is 7.